The minimum Gasteiger partial charge on any atom is -0.459 e. The lowest BCUT2D eigenvalue weighted by Gasteiger charge is -2.32. The Bertz CT molecular complexity index is 227. The van der Waals surface area contributed by atoms with Crippen LogP contribution in [-0.2, 0) is 9.53 Å². The normalized spacial score (nSPS) is 13.0. The molecule has 0 aliphatic rings. The zero-order valence-corrected chi connectivity index (χ0v) is 12.0. The Kier molecular flexibility index (Phi) is 5.51. The Morgan fingerprint density at radius 3 is 2.06 bits per heavy atom. The van der Waals surface area contributed by atoms with Crippen LogP contribution in [0.4, 0.5) is 0 Å². The molecule has 0 aromatic heterocycles. The lowest BCUT2D eigenvalue weighted by Crippen LogP contribution is -2.36. The Morgan fingerprint density at radius 1 is 1.19 bits per heavy atom. The minimum atomic E-state index is -0.358. The van der Waals surface area contributed by atoms with Crippen LogP contribution < -0.4 is 0 Å². The second kappa shape index (κ2) is 5.70. The number of carbonyl (C=O) groups is 1. The molecule has 0 bridgehead atoms. The molecular formula is C14H28O2. The molecule has 0 aromatic carbocycles. The molecule has 0 fully saturated rings. The lowest BCUT2D eigenvalue weighted by atomic mass is 9.87. The first kappa shape index (κ1) is 15.5. The quantitative estimate of drug-likeness (QED) is 0.637. The van der Waals surface area contributed by atoms with Gasteiger partial charge in [0.25, 0.3) is 0 Å². The summed E-state index contributed by atoms with van der Waals surface area (Å²) >= 11 is 0. The molecule has 0 spiro atoms. The van der Waals surface area contributed by atoms with Gasteiger partial charge in [-0.15, -0.1) is 0 Å². The summed E-state index contributed by atoms with van der Waals surface area (Å²) in [6.07, 6.45) is 2.79. The van der Waals surface area contributed by atoms with Crippen LogP contribution in [0.25, 0.3) is 0 Å². The summed E-state index contributed by atoms with van der Waals surface area (Å²) in [7, 11) is 0. The zero-order valence-electron chi connectivity index (χ0n) is 12.0. The predicted molar refractivity (Wildman–Crippen MR) is 68.3 cm³/mol. The molecule has 0 saturated carbocycles. The maximum absolute atomic E-state index is 12.0. The number of hydrogen-bond donors (Lipinski definition) is 0. The number of esters is 1. The van der Waals surface area contributed by atoms with E-state index in [-0.39, 0.29) is 17.0 Å². The van der Waals surface area contributed by atoms with Gasteiger partial charge in [0.15, 0.2) is 0 Å². The molecule has 0 atom stereocenters. The van der Waals surface area contributed by atoms with Gasteiger partial charge in [0, 0.05) is 0 Å². The van der Waals surface area contributed by atoms with Crippen LogP contribution in [0.15, 0.2) is 0 Å². The third-order valence-electron chi connectivity index (χ3n) is 2.70. The number of hydrogen-bond acceptors (Lipinski definition) is 2. The van der Waals surface area contributed by atoms with Crippen molar-refractivity contribution in [2.45, 2.75) is 73.3 Å². The van der Waals surface area contributed by atoms with E-state index >= 15 is 0 Å². The molecule has 0 saturated heterocycles. The van der Waals surface area contributed by atoms with Crippen molar-refractivity contribution < 1.29 is 9.53 Å². The van der Waals surface area contributed by atoms with E-state index in [2.05, 4.69) is 20.8 Å². The van der Waals surface area contributed by atoms with Crippen molar-refractivity contribution in [3.63, 3.8) is 0 Å². The SMILES string of the molecule is CCCC(C)(C)C(=O)OC(C)(C)CC(C)C. The first-order valence-corrected chi connectivity index (χ1v) is 6.34. The lowest BCUT2D eigenvalue weighted by molar-refractivity contribution is -0.169. The fraction of sp³-hybridized carbons (Fsp3) is 0.929. The van der Waals surface area contributed by atoms with Crippen molar-refractivity contribution in [2.75, 3.05) is 0 Å². The second-order valence-corrected chi connectivity index (χ2v) is 6.38. The Balaban J connectivity index is 4.43. The van der Waals surface area contributed by atoms with Crippen LogP contribution in [0.3, 0.4) is 0 Å². The summed E-state index contributed by atoms with van der Waals surface area (Å²) in [5.41, 5.74) is -0.709. The molecule has 2 nitrogen and oxygen atoms in total. The highest BCUT2D eigenvalue weighted by Crippen LogP contribution is 2.29. The van der Waals surface area contributed by atoms with Gasteiger partial charge in [0.1, 0.15) is 5.60 Å². The van der Waals surface area contributed by atoms with E-state index in [1.54, 1.807) is 0 Å². The topological polar surface area (TPSA) is 26.3 Å². The number of rotatable bonds is 6. The molecule has 0 rings (SSSR count). The predicted octanol–water partition coefficient (Wildman–Crippen LogP) is 4.18. The monoisotopic (exact) mass is 228 g/mol. The van der Waals surface area contributed by atoms with Crippen LogP contribution in [0, 0.1) is 11.3 Å². The van der Waals surface area contributed by atoms with Crippen molar-refractivity contribution in [3.05, 3.63) is 0 Å². The number of ether oxygens (including phenoxy) is 1. The summed E-state index contributed by atoms with van der Waals surface area (Å²) in [6, 6.07) is 0. The molecule has 16 heavy (non-hydrogen) atoms. The average molecular weight is 228 g/mol. The van der Waals surface area contributed by atoms with Gasteiger partial charge in [0.2, 0.25) is 0 Å². The smallest absolute Gasteiger partial charge is 0.312 e. The van der Waals surface area contributed by atoms with Crippen molar-refractivity contribution in [2.24, 2.45) is 11.3 Å². The molecule has 0 aromatic rings. The van der Waals surface area contributed by atoms with Gasteiger partial charge in [-0.2, -0.15) is 0 Å². The van der Waals surface area contributed by atoms with E-state index in [1.807, 2.05) is 27.7 Å². The molecule has 0 aliphatic carbocycles. The van der Waals surface area contributed by atoms with Crippen LogP contribution in [0.5, 0.6) is 0 Å². The summed E-state index contributed by atoms with van der Waals surface area (Å²) in [4.78, 5) is 12.0. The van der Waals surface area contributed by atoms with Crippen molar-refractivity contribution in [1.82, 2.24) is 0 Å². The van der Waals surface area contributed by atoms with E-state index in [0.29, 0.717) is 5.92 Å². The Labute approximate surface area is 101 Å². The average Bonchev–Trinajstić information content (AvgIpc) is 1.99. The molecule has 0 heterocycles. The third-order valence-corrected chi connectivity index (χ3v) is 2.70. The summed E-state index contributed by atoms with van der Waals surface area (Å²) in [5, 5.41) is 0. The van der Waals surface area contributed by atoms with Crippen molar-refractivity contribution in [1.29, 1.82) is 0 Å². The van der Waals surface area contributed by atoms with E-state index in [0.717, 1.165) is 19.3 Å². The summed E-state index contributed by atoms with van der Waals surface area (Å²) in [6.45, 7) is 14.3. The first-order chi connectivity index (χ1) is 7.10. The maximum atomic E-state index is 12.0. The van der Waals surface area contributed by atoms with Crippen LogP contribution in [0.2, 0.25) is 0 Å². The second-order valence-electron chi connectivity index (χ2n) is 6.38. The fourth-order valence-corrected chi connectivity index (χ4v) is 2.14. The largest absolute Gasteiger partial charge is 0.459 e. The fourth-order valence-electron chi connectivity index (χ4n) is 2.14. The Hall–Kier alpha value is -0.530. The standard InChI is InChI=1S/C14H28O2/c1-8-9-13(4,5)12(15)16-14(6,7)10-11(2)3/h11H,8-10H2,1-7H3. The number of carbonyl (C=O) groups excluding carboxylic acids is 1. The first-order valence-electron chi connectivity index (χ1n) is 6.34. The summed E-state index contributed by atoms with van der Waals surface area (Å²) < 4.78 is 5.63. The molecule has 0 unspecified atom stereocenters. The molecule has 0 radical (unpaired) electrons. The highest BCUT2D eigenvalue weighted by Gasteiger charge is 2.33. The zero-order chi connectivity index (χ0) is 13.0. The van der Waals surface area contributed by atoms with E-state index in [9.17, 15) is 4.79 Å². The van der Waals surface area contributed by atoms with Crippen molar-refractivity contribution >= 4 is 5.97 Å². The Morgan fingerprint density at radius 2 is 1.69 bits per heavy atom. The molecular weight excluding hydrogens is 200 g/mol. The van der Waals surface area contributed by atoms with Crippen molar-refractivity contribution in [3.8, 4) is 0 Å². The van der Waals surface area contributed by atoms with Crippen LogP contribution in [-0.4, -0.2) is 11.6 Å². The molecule has 2 heteroatoms. The molecule has 0 amide bonds. The maximum Gasteiger partial charge on any atom is 0.312 e. The van der Waals surface area contributed by atoms with Gasteiger partial charge in [-0.05, 0) is 46.5 Å². The van der Waals surface area contributed by atoms with Gasteiger partial charge in [-0.25, -0.2) is 0 Å². The van der Waals surface area contributed by atoms with Gasteiger partial charge < -0.3 is 4.74 Å². The van der Waals surface area contributed by atoms with Gasteiger partial charge in [-0.1, -0.05) is 27.2 Å². The molecule has 0 aliphatic heterocycles. The van der Waals surface area contributed by atoms with E-state index in [1.165, 1.54) is 0 Å². The third kappa shape index (κ3) is 5.53. The molecule has 96 valence electrons. The van der Waals surface area contributed by atoms with Gasteiger partial charge >= 0.3 is 5.97 Å². The van der Waals surface area contributed by atoms with E-state index < -0.39 is 0 Å². The molecule has 0 N–H and O–H groups in total. The van der Waals surface area contributed by atoms with Gasteiger partial charge in [0.05, 0.1) is 5.41 Å². The van der Waals surface area contributed by atoms with Gasteiger partial charge in [-0.3, -0.25) is 4.79 Å². The van der Waals surface area contributed by atoms with Crippen LogP contribution >= 0.6 is 0 Å². The minimum absolute atomic E-state index is 0.0694. The van der Waals surface area contributed by atoms with E-state index in [4.69, 9.17) is 4.74 Å². The van der Waals surface area contributed by atoms with Crippen LogP contribution in [0.1, 0.15) is 67.7 Å². The highest BCUT2D eigenvalue weighted by atomic mass is 16.6. The summed E-state index contributed by atoms with van der Waals surface area (Å²) in [5.74, 6) is 0.470. The highest BCUT2D eigenvalue weighted by molar-refractivity contribution is 5.76.